The van der Waals surface area contributed by atoms with E-state index < -0.39 is 0 Å². The largest absolute Gasteiger partial charge is 0.378 e. The monoisotopic (exact) mass is 352 g/mol. The number of carbonyl (C=O) groups excluding carboxylic acids is 2. The van der Waals surface area contributed by atoms with Crippen LogP contribution in [0.4, 0.5) is 5.69 Å². The molecule has 2 saturated heterocycles. The van der Waals surface area contributed by atoms with Gasteiger partial charge in [-0.15, -0.1) is 0 Å². The van der Waals surface area contributed by atoms with E-state index in [4.69, 9.17) is 4.74 Å². The molecule has 0 spiro atoms. The Morgan fingerprint density at radius 3 is 2.52 bits per heavy atom. The first-order valence-corrected chi connectivity index (χ1v) is 7.87. The number of anilines is 1. The molecule has 2 aliphatic rings. The number of hydrogen-bond donors (Lipinski definition) is 0. The fourth-order valence-corrected chi connectivity index (χ4v) is 3.05. The fraction of sp³-hybridized carbons (Fsp3) is 0.467. The second-order valence-electron chi connectivity index (χ2n) is 5.32. The van der Waals surface area contributed by atoms with Crippen LogP contribution in [0.3, 0.4) is 0 Å². The summed E-state index contributed by atoms with van der Waals surface area (Å²) in [4.78, 5) is 28.2. The van der Waals surface area contributed by atoms with Gasteiger partial charge in [0.15, 0.2) is 0 Å². The zero-order valence-corrected chi connectivity index (χ0v) is 13.2. The smallest absolute Gasteiger partial charge is 0.228 e. The Labute approximate surface area is 132 Å². The third-order valence-corrected chi connectivity index (χ3v) is 4.46. The van der Waals surface area contributed by atoms with Crippen LogP contribution in [-0.2, 0) is 14.3 Å². The Bertz CT molecular complexity index is 540. The molecule has 0 unspecified atom stereocenters. The summed E-state index contributed by atoms with van der Waals surface area (Å²) in [6.45, 7) is 2.89. The van der Waals surface area contributed by atoms with Gasteiger partial charge in [0.1, 0.15) is 0 Å². The molecule has 2 amide bonds. The number of halogens is 1. The summed E-state index contributed by atoms with van der Waals surface area (Å²) in [7, 11) is 0. The average molecular weight is 353 g/mol. The topological polar surface area (TPSA) is 49.9 Å². The summed E-state index contributed by atoms with van der Waals surface area (Å²) in [5.41, 5.74) is 0.848. The molecule has 0 aliphatic carbocycles. The maximum absolute atomic E-state index is 12.5. The van der Waals surface area contributed by atoms with Gasteiger partial charge in [-0.2, -0.15) is 0 Å². The minimum Gasteiger partial charge on any atom is -0.378 e. The number of morpholine rings is 1. The molecule has 3 rings (SSSR count). The van der Waals surface area contributed by atoms with Gasteiger partial charge >= 0.3 is 0 Å². The van der Waals surface area contributed by atoms with E-state index in [1.54, 1.807) is 4.90 Å². The molecule has 0 N–H and O–H groups in total. The van der Waals surface area contributed by atoms with Crippen LogP contribution < -0.4 is 4.90 Å². The van der Waals surface area contributed by atoms with Gasteiger partial charge in [0.25, 0.3) is 0 Å². The van der Waals surface area contributed by atoms with Crippen LogP contribution in [0.15, 0.2) is 28.7 Å². The molecular weight excluding hydrogens is 336 g/mol. The number of rotatable bonds is 2. The van der Waals surface area contributed by atoms with Crippen LogP contribution in [0, 0.1) is 5.92 Å². The molecular formula is C15H17BrN2O3. The van der Waals surface area contributed by atoms with Gasteiger partial charge < -0.3 is 14.5 Å². The summed E-state index contributed by atoms with van der Waals surface area (Å²) in [6, 6.07) is 7.59. The third kappa shape index (κ3) is 3.11. The van der Waals surface area contributed by atoms with Crippen LogP contribution in [0.25, 0.3) is 0 Å². The molecule has 5 nitrogen and oxygen atoms in total. The van der Waals surface area contributed by atoms with Crippen molar-refractivity contribution in [3.8, 4) is 0 Å². The van der Waals surface area contributed by atoms with Crippen LogP contribution in [0.1, 0.15) is 6.42 Å². The second-order valence-corrected chi connectivity index (χ2v) is 6.24. The number of amides is 2. The molecule has 0 radical (unpaired) electrons. The summed E-state index contributed by atoms with van der Waals surface area (Å²) in [6.07, 6.45) is 0.298. The fourth-order valence-electron chi connectivity index (χ4n) is 2.79. The maximum atomic E-state index is 12.5. The SMILES string of the molecule is O=C([C@H]1CC(=O)N(c2ccc(Br)cc2)C1)N1CCOCC1. The van der Waals surface area contributed by atoms with E-state index in [2.05, 4.69) is 15.9 Å². The van der Waals surface area contributed by atoms with Gasteiger partial charge in [-0.1, -0.05) is 15.9 Å². The standard InChI is InChI=1S/C15H17BrN2O3/c16-12-1-3-13(4-2-12)18-10-11(9-14(18)19)15(20)17-5-7-21-8-6-17/h1-4,11H,5-10H2/t11-/m0/s1. The third-order valence-electron chi connectivity index (χ3n) is 3.94. The minimum atomic E-state index is -0.237. The molecule has 1 aromatic rings. The van der Waals surface area contributed by atoms with Crippen molar-refractivity contribution in [1.29, 1.82) is 0 Å². The lowest BCUT2D eigenvalue weighted by Crippen LogP contribution is -2.44. The first kappa shape index (κ1) is 14.5. The number of hydrogen-bond acceptors (Lipinski definition) is 3. The zero-order chi connectivity index (χ0) is 14.8. The average Bonchev–Trinajstić information content (AvgIpc) is 2.90. The Morgan fingerprint density at radius 1 is 1.19 bits per heavy atom. The van der Waals surface area contributed by atoms with Crippen molar-refractivity contribution in [2.45, 2.75) is 6.42 Å². The highest BCUT2D eigenvalue weighted by Gasteiger charge is 2.37. The second kappa shape index (κ2) is 6.15. The lowest BCUT2D eigenvalue weighted by Gasteiger charge is -2.29. The van der Waals surface area contributed by atoms with Crippen molar-refractivity contribution in [2.75, 3.05) is 37.7 Å². The van der Waals surface area contributed by atoms with Gasteiger partial charge in [-0.3, -0.25) is 9.59 Å². The Morgan fingerprint density at radius 2 is 1.86 bits per heavy atom. The quantitative estimate of drug-likeness (QED) is 0.813. The van der Waals surface area contributed by atoms with Crippen LogP contribution in [0.5, 0.6) is 0 Å². The number of carbonyl (C=O) groups is 2. The van der Waals surface area contributed by atoms with Crippen LogP contribution in [-0.4, -0.2) is 49.6 Å². The summed E-state index contributed by atoms with van der Waals surface area (Å²) in [5, 5.41) is 0. The molecule has 1 atom stereocenters. The van der Waals surface area contributed by atoms with E-state index >= 15 is 0 Å². The van der Waals surface area contributed by atoms with Crippen molar-refractivity contribution < 1.29 is 14.3 Å². The van der Waals surface area contributed by atoms with E-state index in [1.807, 2.05) is 29.2 Å². The van der Waals surface area contributed by atoms with E-state index in [0.29, 0.717) is 39.3 Å². The molecule has 1 aromatic carbocycles. The zero-order valence-electron chi connectivity index (χ0n) is 11.6. The van der Waals surface area contributed by atoms with Crippen molar-refractivity contribution in [3.05, 3.63) is 28.7 Å². The number of ether oxygens (including phenoxy) is 1. The van der Waals surface area contributed by atoms with Crippen LogP contribution in [0.2, 0.25) is 0 Å². The lowest BCUT2D eigenvalue weighted by atomic mass is 10.1. The first-order valence-electron chi connectivity index (χ1n) is 7.07. The molecule has 0 bridgehead atoms. The summed E-state index contributed by atoms with van der Waals surface area (Å²) in [5.74, 6) is -0.144. The van der Waals surface area contributed by atoms with E-state index in [-0.39, 0.29) is 17.7 Å². The Hall–Kier alpha value is -1.40. The van der Waals surface area contributed by atoms with Crippen molar-refractivity contribution in [2.24, 2.45) is 5.92 Å². The predicted octanol–water partition coefficient (Wildman–Crippen LogP) is 1.66. The van der Waals surface area contributed by atoms with E-state index in [0.717, 1.165) is 10.2 Å². The van der Waals surface area contributed by atoms with Crippen molar-refractivity contribution in [1.82, 2.24) is 4.90 Å². The Kier molecular flexibility index (Phi) is 4.26. The van der Waals surface area contributed by atoms with Crippen molar-refractivity contribution >= 4 is 33.4 Å². The molecule has 6 heteroatoms. The van der Waals surface area contributed by atoms with Gasteiger partial charge in [0.05, 0.1) is 19.1 Å². The highest BCUT2D eigenvalue weighted by atomic mass is 79.9. The van der Waals surface area contributed by atoms with Gasteiger partial charge in [0, 0.05) is 36.2 Å². The maximum Gasteiger partial charge on any atom is 0.228 e. The summed E-state index contributed by atoms with van der Waals surface area (Å²) < 4.78 is 6.23. The summed E-state index contributed by atoms with van der Waals surface area (Å²) >= 11 is 3.38. The van der Waals surface area contributed by atoms with Crippen LogP contribution >= 0.6 is 15.9 Å². The van der Waals surface area contributed by atoms with Gasteiger partial charge in [0.2, 0.25) is 11.8 Å². The molecule has 2 aliphatic heterocycles. The lowest BCUT2D eigenvalue weighted by molar-refractivity contribution is -0.139. The van der Waals surface area contributed by atoms with Gasteiger partial charge in [-0.05, 0) is 24.3 Å². The molecule has 112 valence electrons. The normalized spacial score (nSPS) is 22.7. The molecule has 0 aromatic heterocycles. The highest BCUT2D eigenvalue weighted by molar-refractivity contribution is 9.10. The number of nitrogens with zero attached hydrogens (tertiary/aromatic N) is 2. The first-order chi connectivity index (χ1) is 10.1. The van der Waals surface area contributed by atoms with E-state index in [1.165, 1.54) is 0 Å². The van der Waals surface area contributed by atoms with E-state index in [9.17, 15) is 9.59 Å². The molecule has 0 saturated carbocycles. The van der Waals surface area contributed by atoms with Crippen molar-refractivity contribution in [3.63, 3.8) is 0 Å². The highest BCUT2D eigenvalue weighted by Crippen LogP contribution is 2.27. The molecule has 21 heavy (non-hydrogen) atoms. The number of benzene rings is 1. The molecule has 2 heterocycles. The minimum absolute atomic E-state index is 0.0175. The molecule has 2 fully saturated rings. The van der Waals surface area contributed by atoms with Gasteiger partial charge in [-0.25, -0.2) is 0 Å². The predicted molar refractivity (Wildman–Crippen MR) is 82.0 cm³/mol. The Balaban J connectivity index is 1.69.